The molecular formula is C16H20ClN3O2. The summed E-state index contributed by atoms with van der Waals surface area (Å²) < 4.78 is 5.84. The molecule has 2 N–H and O–H groups in total. The van der Waals surface area contributed by atoms with Crippen molar-refractivity contribution in [3.63, 3.8) is 0 Å². The lowest BCUT2D eigenvalue weighted by Crippen LogP contribution is -2.18. The number of H-pyrrole nitrogens is 1. The average Bonchev–Trinajstić information content (AvgIpc) is 2.47. The maximum absolute atomic E-state index is 11.3. The van der Waals surface area contributed by atoms with E-state index in [2.05, 4.69) is 42.4 Å². The molecule has 0 atom stereocenters. The van der Waals surface area contributed by atoms with E-state index < -0.39 is 5.56 Å². The van der Waals surface area contributed by atoms with Gasteiger partial charge in [0.1, 0.15) is 17.4 Å². The predicted octanol–water partition coefficient (Wildman–Crippen LogP) is 3.21. The van der Waals surface area contributed by atoms with E-state index in [1.165, 1.54) is 6.20 Å². The first-order valence-corrected chi connectivity index (χ1v) is 7.47. The number of aromatic nitrogens is 2. The van der Waals surface area contributed by atoms with Crippen molar-refractivity contribution in [1.82, 2.24) is 10.2 Å². The van der Waals surface area contributed by atoms with Crippen LogP contribution in [0.3, 0.4) is 0 Å². The molecule has 0 unspecified atom stereocenters. The number of hydrogen-bond acceptors (Lipinski definition) is 4. The number of nitrogens with one attached hydrogen (secondary N) is 2. The number of nitrogens with zero attached hydrogens (tertiary/aromatic N) is 1. The Balaban J connectivity index is 1.95. The number of ether oxygens (including phenoxy) is 1. The Bertz CT molecular complexity index is 692. The third kappa shape index (κ3) is 4.01. The normalized spacial score (nSPS) is 11.3. The monoisotopic (exact) mass is 321 g/mol. The van der Waals surface area contributed by atoms with Crippen molar-refractivity contribution in [1.29, 1.82) is 0 Å². The van der Waals surface area contributed by atoms with Gasteiger partial charge in [-0.1, -0.05) is 50.6 Å². The highest BCUT2D eigenvalue weighted by atomic mass is 35.5. The summed E-state index contributed by atoms with van der Waals surface area (Å²) in [5, 5.41) is 9.12. The van der Waals surface area contributed by atoms with Gasteiger partial charge in [0, 0.05) is 6.54 Å². The van der Waals surface area contributed by atoms with Crippen LogP contribution in [-0.2, 0) is 5.41 Å². The number of hydrogen-bond donors (Lipinski definition) is 2. The molecule has 0 spiro atoms. The number of aromatic amines is 1. The third-order valence-electron chi connectivity index (χ3n) is 3.17. The second-order valence-corrected chi connectivity index (χ2v) is 6.33. The number of rotatable bonds is 5. The Hall–Kier alpha value is -2.01. The topological polar surface area (TPSA) is 67.0 Å². The highest BCUT2D eigenvalue weighted by Crippen LogP contribution is 2.30. The van der Waals surface area contributed by atoms with Crippen LogP contribution in [0.5, 0.6) is 5.75 Å². The van der Waals surface area contributed by atoms with Crippen LogP contribution in [0.2, 0.25) is 5.02 Å². The minimum atomic E-state index is -0.411. The summed E-state index contributed by atoms with van der Waals surface area (Å²) in [6.45, 7) is 7.42. The molecule has 0 bridgehead atoms. The minimum absolute atomic E-state index is 0.0178. The van der Waals surface area contributed by atoms with Gasteiger partial charge < -0.3 is 10.1 Å². The fourth-order valence-corrected chi connectivity index (χ4v) is 2.22. The van der Waals surface area contributed by atoms with Crippen LogP contribution in [0.4, 0.5) is 5.69 Å². The van der Waals surface area contributed by atoms with E-state index >= 15 is 0 Å². The number of halogens is 1. The molecule has 0 aliphatic heterocycles. The van der Waals surface area contributed by atoms with Gasteiger partial charge in [-0.05, 0) is 17.0 Å². The van der Waals surface area contributed by atoms with Gasteiger partial charge in [-0.25, -0.2) is 5.10 Å². The Kier molecular flexibility index (Phi) is 5.08. The molecule has 1 aromatic heterocycles. The van der Waals surface area contributed by atoms with Gasteiger partial charge >= 0.3 is 0 Å². The van der Waals surface area contributed by atoms with Gasteiger partial charge in [-0.3, -0.25) is 4.79 Å². The van der Waals surface area contributed by atoms with Crippen molar-refractivity contribution < 1.29 is 4.74 Å². The zero-order chi connectivity index (χ0) is 16.2. The maximum atomic E-state index is 11.3. The van der Waals surface area contributed by atoms with Gasteiger partial charge in [-0.15, -0.1) is 0 Å². The van der Waals surface area contributed by atoms with E-state index in [4.69, 9.17) is 16.3 Å². The van der Waals surface area contributed by atoms with Crippen molar-refractivity contribution in [3.8, 4) is 5.75 Å². The zero-order valence-electron chi connectivity index (χ0n) is 12.9. The van der Waals surface area contributed by atoms with Crippen LogP contribution in [-0.4, -0.2) is 23.3 Å². The van der Waals surface area contributed by atoms with E-state index in [1.54, 1.807) is 0 Å². The smallest absolute Gasteiger partial charge is 0.285 e. The van der Waals surface area contributed by atoms with Crippen LogP contribution in [0.15, 0.2) is 35.3 Å². The van der Waals surface area contributed by atoms with Crippen molar-refractivity contribution in [2.24, 2.45) is 0 Å². The predicted molar refractivity (Wildman–Crippen MR) is 89.0 cm³/mol. The summed E-state index contributed by atoms with van der Waals surface area (Å²) in [6.07, 6.45) is 1.48. The van der Waals surface area contributed by atoms with Crippen LogP contribution in [0.25, 0.3) is 0 Å². The van der Waals surface area contributed by atoms with Crippen molar-refractivity contribution in [2.75, 3.05) is 18.5 Å². The summed E-state index contributed by atoms with van der Waals surface area (Å²) in [5.41, 5.74) is 1.26. The van der Waals surface area contributed by atoms with Crippen molar-refractivity contribution in [3.05, 3.63) is 51.4 Å². The highest BCUT2D eigenvalue weighted by Gasteiger charge is 2.18. The number of benzene rings is 1. The summed E-state index contributed by atoms with van der Waals surface area (Å²) >= 11 is 5.89. The van der Waals surface area contributed by atoms with Crippen LogP contribution in [0, 0.1) is 0 Å². The molecule has 0 aliphatic carbocycles. The second-order valence-electron chi connectivity index (χ2n) is 5.95. The van der Waals surface area contributed by atoms with E-state index in [9.17, 15) is 4.79 Å². The van der Waals surface area contributed by atoms with Gasteiger partial charge in [0.05, 0.1) is 11.9 Å². The molecule has 0 aliphatic rings. The molecule has 118 valence electrons. The first-order chi connectivity index (χ1) is 10.4. The summed E-state index contributed by atoms with van der Waals surface area (Å²) in [7, 11) is 0. The molecule has 22 heavy (non-hydrogen) atoms. The summed E-state index contributed by atoms with van der Waals surface area (Å²) in [5.74, 6) is 0.868. The van der Waals surface area contributed by atoms with E-state index in [-0.39, 0.29) is 10.4 Å². The SMILES string of the molecule is CC(C)(C)c1ccccc1OCCNc1cn[nH]c(=O)c1Cl. The summed E-state index contributed by atoms with van der Waals surface area (Å²) in [4.78, 5) is 11.3. The Morgan fingerprint density at radius 3 is 2.77 bits per heavy atom. The zero-order valence-corrected chi connectivity index (χ0v) is 13.7. The molecule has 2 rings (SSSR count). The number of anilines is 1. The lowest BCUT2D eigenvalue weighted by Gasteiger charge is -2.22. The molecule has 2 aromatic rings. The van der Waals surface area contributed by atoms with Gasteiger partial charge in [0.2, 0.25) is 0 Å². The van der Waals surface area contributed by atoms with Crippen LogP contribution < -0.4 is 15.6 Å². The molecule has 0 amide bonds. The maximum Gasteiger partial charge on any atom is 0.285 e. The molecule has 0 saturated carbocycles. The van der Waals surface area contributed by atoms with Crippen LogP contribution in [0.1, 0.15) is 26.3 Å². The molecule has 0 radical (unpaired) electrons. The second kappa shape index (κ2) is 6.83. The van der Waals surface area contributed by atoms with Crippen molar-refractivity contribution >= 4 is 17.3 Å². The van der Waals surface area contributed by atoms with Gasteiger partial charge in [0.25, 0.3) is 5.56 Å². The third-order valence-corrected chi connectivity index (χ3v) is 3.54. The van der Waals surface area contributed by atoms with Crippen LogP contribution >= 0.6 is 11.6 Å². The Morgan fingerprint density at radius 1 is 1.32 bits per heavy atom. The molecule has 0 saturated heterocycles. The van der Waals surface area contributed by atoms with Gasteiger partial charge in [0.15, 0.2) is 0 Å². The lowest BCUT2D eigenvalue weighted by atomic mass is 9.86. The van der Waals surface area contributed by atoms with E-state index in [0.717, 1.165) is 11.3 Å². The van der Waals surface area contributed by atoms with E-state index in [1.807, 2.05) is 18.2 Å². The molecule has 6 heteroatoms. The standard InChI is InChI=1S/C16H20ClN3O2/c1-16(2,3)11-6-4-5-7-13(11)22-9-8-18-12-10-19-20-15(21)14(12)17/h4-7,10H,8-9H2,1-3H3,(H2,18,20,21). The molecule has 1 aromatic carbocycles. The fraction of sp³-hybridized carbons (Fsp3) is 0.375. The highest BCUT2D eigenvalue weighted by molar-refractivity contribution is 6.32. The Labute approximate surface area is 134 Å². The number of para-hydroxylation sites is 1. The minimum Gasteiger partial charge on any atom is -0.491 e. The fourth-order valence-electron chi connectivity index (χ4n) is 2.07. The van der Waals surface area contributed by atoms with Gasteiger partial charge in [-0.2, -0.15) is 5.10 Å². The first-order valence-electron chi connectivity index (χ1n) is 7.09. The Morgan fingerprint density at radius 2 is 2.05 bits per heavy atom. The molecule has 5 nitrogen and oxygen atoms in total. The quantitative estimate of drug-likeness (QED) is 0.830. The molecular weight excluding hydrogens is 302 g/mol. The van der Waals surface area contributed by atoms with E-state index in [0.29, 0.717) is 18.8 Å². The van der Waals surface area contributed by atoms with Crippen molar-refractivity contribution in [2.45, 2.75) is 26.2 Å². The molecule has 1 heterocycles. The molecule has 0 fully saturated rings. The summed E-state index contributed by atoms with van der Waals surface area (Å²) in [6, 6.07) is 7.99. The lowest BCUT2D eigenvalue weighted by molar-refractivity contribution is 0.323. The first kappa shape index (κ1) is 16.4. The largest absolute Gasteiger partial charge is 0.491 e. The average molecular weight is 322 g/mol.